The Morgan fingerprint density at radius 1 is 1.03 bits per heavy atom. The summed E-state index contributed by atoms with van der Waals surface area (Å²) in [5.41, 5.74) is 1.08. The summed E-state index contributed by atoms with van der Waals surface area (Å²) < 4.78 is 31.8. The van der Waals surface area contributed by atoms with Crippen molar-refractivity contribution < 1.29 is 17.9 Å². The lowest BCUT2D eigenvalue weighted by Crippen LogP contribution is -2.51. The molecule has 3 rings (SSSR count). The molecule has 1 aliphatic heterocycles. The van der Waals surface area contributed by atoms with Gasteiger partial charge in [0.05, 0.1) is 18.6 Å². The van der Waals surface area contributed by atoms with E-state index in [2.05, 4.69) is 4.90 Å². The molecule has 1 aliphatic rings. The van der Waals surface area contributed by atoms with E-state index in [0.29, 0.717) is 26.2 Å². The molecule has 2 aromatic rings. The molecule has 0 bridgehead atoms. The number of carbonyl (C=O) groups excluding carboxylic acids is 1. The van der Waals surface area contributed by atoms with Gasteiger partial charge in [-0.05, 0) is 54.8 Å². The lowest BCUT2D eigenvalue weighted by atomic mass is 10.2. The molecule has 0 aliphatic carbocycles. The summed E-state index contributed by atoms with van der Waals surface area (Å²) >= 11 is 1.55. The molecule has 2 aromatic carbocycles. The maximum atomic E-state index is 12.8. The molecule has 1 heterocycles. The number of piperazine rings is 1. The first-order valence-corrected chi connectivity index (χ1v) is 12.3. The molecule has 0 saturated carbocycles. The molecule has 0 N–H and O–H groups in total. The summed E-state index contributed by atoms with van der Waals surface area (Å²) in [5, 5.41) is 0. The van der Waals surface area contributed by atoms with Gasteiger partial charge in [0, 0.05) is 43.8 Å². The number of hydrogen-bond donors (Lipinski definition) is 0. The topological polar surface area (TPSA) is 70.2 Å². The number of ether oxygens (including phenoxy) is 1. The van der Waals surface area contributed by atoms with Crippen molar-refractivity contribution in [1.29, 1.82) is 0 Å². The third-order valence-corrected chi connectivity index (χ3v) is 7.76. The standard InChI is InChI=1S/C21H27N3O4S2/c1-22(30(26,27)20-10-8-19(29-3)9-11-20)16-21(25)24-14-12-23(13-15-24)17-4-6-18(28-2)7-5-17/h4-11H,12-16H2,1-3H3. The second-order valence-electron chi connectivity index (χ2n) is 7.00. The molecule has 0 atom stereocenters. The van der Waals surface area contributed by atoms with E-state index in [-0.39, 0.29) is 17.3 Å². The normalized spacial score (nSPS) is 14.8. The molecule has 30 heavy (non-hydrogen) atoms. The van der Waals surface area contributed by atoms with Crippen LogP contribution in [0.4, 0.5) is 5.69 Å². The highest BCUT2D eigenvalue weighted by molar-refractivity contribution is 7.98. The maximum absolute atomic E-state index is 12.8. The van der Waals surface area contributed by atoms with Gasteiger partial charge in [-0.2, -0.15) is 4.31 Å². The number of benzene rings is 2. The molecule has 1 saturated heterocycles. The Morgan fingerprint density at radius 3 is 2.17 bits per heavy atom. The summed E-state index contributed by atoms with van der Waals surface area (Å²) in [6.45, 7) is 2.34. The van der Waals surface area contributed by atoms with Gasteiger partial charge in [0.15, 0.2) is 0 Å². The average Bonchev–Trinajstić information content (AvgIpc) is 2.79. The van der Waals surface area contributed by atoms with Gasteiger partial charge in [-0.1, -0.05) is 0 Å². The first-order valence-electron chi connectivity index (χ1n) is 9.62. The smallest absolute Gasteiger partial charge is 0.243 e. The fraction of sp³-hybridized carbons (Fsp3) is 0.381. The Balaban J connectivity index is 1.56. The molecular formula is C21H27N3O4S2. The zero-order chi connectivity index (χ0) is 21.7. The summed E-state index contributed by atoms with van der Waals surface area (Å²) in [4.78, 5) is 17.8. The lowest BCUT2D eigenvalue weighted by Gasteiger charge is -2.36. The number of methoxy groups -OCH3 is 1. The van der Waals surface area contributed by atoms with E-state index in [0.717, 1.165) is 20.6 Å². The van der Waals surface area contributed by atoms with Gasteiger partial charge in [0.25, 0.3) is 0 Å². The number of rotatable bonds is 7. The number of carbonyl (C=O) groups is 1. The van der Waals surface area contributed by atoms with Crippen LogP contribution >= 0.6 is 11.8 Å². The number of amides is 1. The fourth-order valence-electron chi connectivity index (χ4n) is 3.31. The molecule has 0 aromatic heterocycles. The Hall–Kier alpha value is -2.23. The Morgan fingerprint density at radius 2 is 1.63 bits per heavy atom. The van der Waals surface area contributed by atoms with Crippen molar-refractivity contribution in [3.63, 3.8) is 0 Å². The minimum Gasteiger partial charge on any atom is -0.497 e. The molecular weight excluding hydrogens is 422 g/mol. The van der Waals surface area contributed by atoms with Crippen molar-refractivity contribution in [2.45, 2.75) is 9.79 Å². The Kier molecular flexibility index (Phi) is 7.27. The van der Waals surface area contributed by atoms with Crippen LogP contribution in [0.1, 0.15) is 0 Å². The van der Waals surface area contributed by atoms with Crippen molar-refractivity contribution in [3.8, 4) is 5.75 Å². The van der Waals surface area contributed by atoms with E-state index >= 15 is 0 Å². The molecule has 0 radical (unpaired) electrons. The number of anilines is 1. The van der Waals surface area contributed by atoms with Crippen LogP contribution in [0.15, 0.2) is 58.3 Å². The van der Waals surface area contributed by atoms with Crippen LogP contribution in [-0.4, -0.2) is 76.7 Å². The quantitative estimate of drug-likeness (QED) is 0.605. The van der Waals surface area contributed by atoms with Gasteiger partial charge >= 0.3 is 0 Å². The van der Waals surface area contributed by atoms with Crippen LogP contribution in [0.3, 0.4) is 0 Å². The van der Waals surface area contributed by atoms with Crippen molar-refractivity contribution in [3.05, 3.63) is 48.5 Å². The van der Waals surface area contributed by atoms with E-state index in [9.17, 15) is 13.2 Å². The van der Waals surface area contributed by atoms with E-state index in [1.807, 2.05) is 30.5 Å². The number of nitrogens with zero attached hydrogens (tertiary/aromatic N) is 3. The fourth-order valence-corrected chi connectivity index (χ4v) is 4.84. The van der Waals surface area contributed by atoms with E-state index in [4.69, 9.17) is 4.74 Å². The van der Waals surface area contributed by atoms with Gasteiger partial charge in [-0.3, -0.25) is 4.79 Å². The first-order chi connectivity index (χ1) is 14.3. The molecule has 162 valence electrons. The van der Waals surface area contributed by atoms with Crippen molar-refractivity contribution in [2.24, 2.45) is 0 Å². The third kappa shape index (κ3) is 5.08. The number of likely N-dealkylation sites (N-methyl/N-ethyl adjacent to an activating group) is 1. The highest BCUT2D eigenvalue weighted by atomic mass is 32.2. The van der Waals surface area contributed by atoms with Gasteiger partial charge in [0.1, 0.15) is 5.75 Å². The second-order valence-corrected chi connectivity index (χ2v) is 9.93. The van der Waals surface area contributed by atoms with Crippen LogP contribution in [0.25, 0.3) is 0 Å². The molecule has 1 amide bonds. The van der Waals surface area contributed by atoms with E-state index < -0.39 is 10.0 Å². The number of sulfonamides is 1. The molecule has 0 unspecified atom stereocenters. The Bertz CT molecular complexity index is 955. The van der Waals surface area contributed by atoms with Crippen LogP contribution in [0.2, 0.25) is 0 Å². The van der Waals surface area contributed by atoms with Crippen LogP contribution in [0, 0.1) is 0 Å². The first kappa shape index (κ1) is 22.5. The molecule has 1 fully saturated rings. The van der Waals surface area contributed by atoms with Gasteiger partial charge in [-0.25, -0.2) is 8.42 Å². The summed E-state index contributed by atoms with van der Waals surface area (Å²) in [6.07, 6.45) is 1.93. The summed E-state index contributed by atoms with van der Waals surface area (Å²) in [6, 6.07) is 14.5. The maximum Gasteiger partial charge on any atom is 0.243 e. The molecule has 9 heteroatoms. The number of hydrogen-bond acceptors (Lipinski definition) is 6. The largest absolute Gasteiger partial charge is 0.497 e. The predicted molar refractivity (Wildman–Crippen MR) is 120 cm³/mol. The van der Waals surface area contributed by atoms with E-state index in [1.54, 1.807) is 48.0 Å². The van der Waals surface area contributed by atoms with Crippen molar-refractivity contribution in [1.82, 2.24) is 9.21 Å². The minimum absolute atomic E-state index is 0.171. The van der Waals surface area contributed by atoms with Gasteiger partial charge < -0.3 is 14.5 Å². The zero-order valence-electron chi connectivity index (χ0n) is 17.4. The summed E-state index contributed by atoms with van der Waals surface area (Å²) in [7, 11) is -0.621. The zero-order valence-corrected chi connectivity index (χ0v) is 19.1. The van der Waals surface area contributed by atoms with Crippen molar-refractivity contribution >= 4 is 33.4 Å². The van der Waals surface area contributed by atoms with Crippen LogP contribution in [-0.2, 0) is 14.8 Å². The van der Waals surface area contributed by atoms with Gasteiger partial charge in [0.2, 0.25) is 15.9 Å². The monoisotopic (exact) mass is 449 g/mol. The van der Waals surface area contributed by atoms with Crippen LogP contribution in [0.5, 0.6) is 5.75 Å². The predicted octanol–water partition coefficient (Wildman–Crippen LogP) is 2.39. The average molecular weight is 450 g/mol. The highest BCUT2D eigenvalue weighted by Crippen LogP contribution is 2.22. The lowest BCUT2D eigenvalue weighted by molar-refractivity contribution is -0.131. The van der Waals surface area contributed by atoms with Crippen LogP contribution < -0.4 is 9.64 Å². The SMILES string of the molecule is COc1ccc(N2CCN(C(=O)CN(C)S(=O)(=O)c3ccc(SC)cc3)CC2)cc1. The third-order valence-electron chi connectivity index (χ3n) is 5.20. The summed E-state index contributed by atoms with van der Waals surface area (Å²) in [5.74, 6) is 0.621. The van der Waals surface area contributed by atoms with E-state index in [1.165, 1.54) is 7.05 Å². The molecule has 7 nitrogen and oxygen atoms in total. The minimum atomic E-state index is -3.70. The van der Waals surface area contributed by atoms with Gasteiger partial charge in [-0.15, -0.1) is 11.8 Å². The van der Waals surface area contributed by atoms with Crippen molar-refractivity contribution in [2.75, 3.05) is 58.0 Å². The number of thioether (sulfide) groups is 1. The highest BCUT2D eigenvalue weighted by Gasteiger charge is 2.27. The Labute approximate surface area is 182 Å². The molecule has 0 spiro atoms. The second kappa shape index (κ2) is 9.72.